The Hall–Kier alpha value is -1.71. The lowest BCUT2D eigenvalue weighted by Crippen LogP contribution is -2.34. The Bertz CT molecular complexity index is 555. The highest BCUT2D eigenvalue weighted by molar-refractivity contribution is 6.30. The third-order valence-corrected chi connectivity index (χ3v) is 3.26. The van der Waals surface area contributed by atoms with Crippen molar-refractivity contribution in [1.82, 2.24) is 0 Å². The van der Waals surface area contributed by atoms with E-state index >= 15 is 0 Å². The molecule has 0 heterocycles. The lowest BCUT2D eigenvalue weighted by atomic mass is 10.1. The third kappa shape index (κ3) is 5.96. The maximum Gasteiger partial charge on any atom is 0.127 e. The summed E-state index contributed by atoms with van der Waals surface area (Å²) in [5.74, 6) is 0.792. The maximum absolute atomic E-state index is 5.92. The van der Waals surface area contributed by atoms with E-state index in [1.165, 1.54) is 0 Å². The lowest BCUT2D eigenvalue weighted by molar-refractivity contribution is 0.000110. The first-order valence-corrected chi connectivity index (χ1v) is 7.74. The molecular weight excluding hydrogens is 298 g/mol. The summed E-state index contributed by atoms with van der Waals surface area (Å²) in [7, 11) is 0. The molecule has 22 heavy (non-hydrogen) atoms. The Labute approximate surface area is 137 Å². The van der Waals surface area contributed by atoms with E-state index in [-0.39, 0.29) is 5.60 Å². The van der Waals surface area contributed by atoms with Crippen LogP contribution in [0.5, 0.6) is 5.75 Å². The summed E-state index contributed by atoms with van der Waals surface area (Å²) >= 11 is 5.86. The summed E-state index contributed by atoms with van der Waals surface area (Å²) < 4.78 is 11.6. The van der Waals surface area contributed by atoms with Gasteiger partial charge in [0.2, 0.25) is 0 Å². The Morgan fingerprint density at radius 1 is 1.00 bits per heavy atom. The maximum atomic E-state index is 5.92. The normalized spacial score (nSPS) is 11.2. The van der Waals surface area contributed by atoms with Crippen LogP contribution in [0.2, 0.25) is 5.02 Å². The first-order valence-electron chi connectivity index (χ1n) is 7.36. The Kier molecular flexibility index (Phi) is 6.10. The van der Waals surface area contributed by atoms with Crippen LogP contribution in [0.15, 0.2) is 54.6 Å². The number of halogens is 1. The summed E-state index contributed by atoms with van der Waals surface area (Å²) in [5, 5.41) is 4.01. The van der Waals surface area contributed by atoms with Gasteiger partial charge in [-0.1, -0.05) is 29.8 Å². The van der Waals surface area contributed by atoms with Crippen LogP contribution in [0.4, 0.5) is 5.69 Å². The molecule has 118 valence electrons. The van der Waals surface area contributed by atoms with Gasteiger partial charge in [-0.25, -0.2) is 0 Å². The SMILES string of the molecule is CC(C)(COCCNc1ccccc1)Oc1ccc(Cl)cc1. The molecule has 0 aliphatic heterocycles. The minimum Gasteiger partial charge on any atom is -0.485 e. The van der Waals surface area contributed by atoms with Crippen LogP contribution in [0.1, 0.15) is 13.8 Å². The molecule has 4 heteroatoms. The van der Waals surface area contributed by atoms with Gasteiger partial charge in [-0.3, -0.25) is 0 Å². The van der Waals surface area contributed by atoms with Crippen LogP contribution in [0.3, 0.4) is 0 Å². The van der Waals surface area contributed by atoms with Crippen LogP contribution in [-0.4, -0.2) is 25.4 Å². The van der Waals surface area contributed by atoms with Gasteiger partial charge in [-0.15, -0.1) is 0 Å². The highest BCUT2D eigenvalue weighted by atomic mass is 35.5. The molecule has 2 aromatic rings. The van der Waals surface area contributed by atoms with Crippen molar-refractivity contribution in [2.24, 2.45) is 0 Å². The van der Waals surface area contributed by atoms with Gasteiger partial charge in [0.05, 0.1) is 13.2 Å². The van der Waals surface area contributed by atoms with Gasteiger partial charge in [-0.2, -0.15) is 0 Å². The molecule has 0 aliphatic carbocycles. The van der Waals surface area contributed by atoms with Crippen molar-refractivity contribution in [1.29, 1.82) is 0 Å². The van der Waals surface area contributed by atoms with Gasteiger partial charge in [0.15, 0.2) is 0 Å². The lowest BCUT2D eigenvalue weighted by Gasteiger charge is -2.26. The summed E-state index contributed by atoms with van der Waals surface area (Å²) in [4.78, 5) is 0. The van der Waals surface area contributed by atoms with Gasteiger partial charge >= 0.3 is 0 Å². The van der Waals surface area contributed by atoms with Gasteiger partial charge < -0.3 is 14.8 Å². The van der Waals surface area contributed by atoms with Crippen molar-refractivity contribution in [2.75, 3.05) is 25.1 Å². The highest BCUT2D eigenvalue weighted by Gasteiger charge is 2.20. The second kappa shape index (κ2) is 8.06. The van der Waals surface area contributed by atoms with Crippen molar-refractivity contribution in [3.05, 3.63) is 59.6 Å². The number of rotatable bonds is 8. The molecule has 0 saturated carbocycles. The molecule has 3 nitrogen and oxygen atoms in total. The molecule has 2 aromatic carbocycles. The van der Waals surface area contributed by atoms with E-state index in [1.54, 1.807) is 0 Å². The summed E-state index contributed by atoms with van der Waals surface area (Å²) in [6.07, 6.45) is 0. The summed E-state index contributed by atoms with van der Waals surface area (Å²) in [5.41, 5.74) is 0.711. The Balaban J connectivity index is 1.67. The van der Waals surface area contributed by atoms with Crippen LogP contribution in [0, 0.1) is 0 Å². The van der Waals surface area contributed by atoms with Crippen LogP contribution in [-0.2, 0) is 4.74 Å². The van der Waals surface area contributed by atoms with E-state index < -0.39 is 0 Å². The van der Waals surface area contributed by atoms with E-state index in [4.69, 9.17) is 21.1 Å². The zero-order chi connectivity index (χ0) is 15.8. The monoisotopic (exact) mass is 319 g/mol. The molecule has 0 radical (unpaired) electrons. The van der Waals surface area contributed by atoms with Crippen LogP contribution >= 0.6 is 11.6 Å². The molecule has 0 fully saturated rings. The Morgan fingerprint density at radius 3 is 2.36 bits per heavy atom. The summed E-state index contributed by atoms with van der Waals surface area (Å²) in [6.45, 7) is 5.92. The Morgan fingerprint density at radius 2 is 1.68 bits per heavy atom. The molecule has 2 rings (SSSR count). The molecule has 0 aliphatic rings. The standard InChI is InChI=1S/C18H22ClNO2/c1-18(2,22-17-10-8-15(19)9-11-17)14-21-13-12-20-16-6-4-3-5-7-16/h3-11,20H,12-14H2,1-2H3. The number of benzene rings is 2. The molecule has 0 atom stereocenters. The average molecular weight is 320 g/mol. The first kappa shape index (κ1) is 16.7. The number of hydrogen-bond donors (Lipinski definition) is 1. The highest BCUT2D eigenvalue weighted by Crippen LogP contribution is 2.21. The van der Waals surface area contributed by atoms with E-state index in [2.05, 4.69) is 5.32 Å². The predicted octanol–water partition coefficient (Wildman–Crippen LogP) is 4.63. The van der Waals surface area contributed by atoms with Gasteiger partial charge in [0, 0.05) is 17.3 Å². The zero-order valence-corrected chi connectivity index (χ0v) is 13.8. The molecule has 0 bridgehead atoms. The fourth-order valence-electron chi connectivity index (χ4n) is 1.99. The molecule has 0 aromatic heterocycles. The fraction of sp³-hybridized carbons (Fsp3) is 0.333. The van der Waals surface area contributed by atoms with Gasteiger partial charge in [0.25, 0.3) is 0 Å². The number of anilines is 1. The van der Waals surface area contributed by atoms with Crippen molar-refractivity contribution in [3.63, 3.8) is 0 Å². The summed E-state index contributed by atoms with van der Waals surface area (Å²) in [6, 6.07) is 17.4. The predicted molar refractivity (Wildman–Crippen MR) is 91.9 cm³/mol. The number of hydrogen-bond acceptors (Lipinski definition) is 3. The van der Waals surface area contributed by atoms with Gasteiger partial charge in [0.1, 0.15) is 11.4 Å². The van der Waals surface area contributed by atoms with Crippen molar-refractivity contribution in [3.8, 4) is 5.75 Å². The minimum atomic E-state index is -0.388. The second-order valence-electron chi connectivity index (χ2n) is 5.66. The average Bonchev–Trinajstić information content (AvgIpc) is 2.50. The molecule has 0 saturated heterocycles. The number of para-hydroxylation sites is 1. The van der Waals surface area contributed by atoms with Crippen LogP contribution in [0.25, 0.3) is 0 Å². The zero-order valence-electron chi connectivity index (χ0n) is 13.0. The number of nitrogens with one attached hydrogen (secondary N) is 1. The first-order chi connectivity index (χ1) is 10.6. The van der Waals surface area contributed by atoms with E-state index in [0.29, 0.717) is 18.2 Å². The topological polar surface area (TPSA) is 30.5 Å². The van der Waals surface area contributed by atoms with Crippen molar-refractivity contribution < 1.29 is 9.47 Å². The minimum absolute atomic E-state index is 0.388. The third-order valence-electron chi connectivity index (χ3n) is 3.01. The van der Waals surface area contributed by atoms with E-state index in [9.17, 15) is 0 Å². The molecule has 0 unspecified atom stereocenters. The van der Waals surface area contributed by atoms with E-state index in [1.807, 2.05) is 68.4 Å². The molecule has 0 spiro atoms. The quantitative estimate of drug-likeness (QED) is 0.720. The van der Waals surface area contributed by atoms with E-state index in [0.717, 1.165) is 18.0 Å². The second-order valence-corrected chi connectivity index (χ2v) is 6.10. The smallest absolute Gasteiger partial charge is 0.127 e. The molecular formula is C18H22ClNO2. The van der Waals surface area contributed by atoms with Crippen LogP contribution < -0.4 is 10.1 Å². The number of ether oxygens (including phenoxy) is 2. The van der Waals surface area contributed by atoms with Crippen molar-refractivity contribution >= 4 is 17.3 Å². The molecule has 0 amide bonds. The largest absolute Gasteiger partial charge is 0.485 e. The molecule has 1 N–H and O–H groups in total. The fourth-order valence-corrected chi connectivity index (χ4v) is 2.12. The van der Waals surface area contributed by atoms with Crippen molar-refractivity contribution in [2.45, 2.75) is 19.4 Å². The van der Waals surface area contributed by atoms with Gasteiger partial charge in [-0.05, 0) is 50.2 Å².